The van der Waals surface area contributed by atoms with E-state index in [0.717, 1.165) is 0 Å². The molecule has 5 nitrogen and oxygen atoms in total. The van der Waals surface area contributed by atoms with Gasteiger partial charge in [-0.05, 0) is 19.1 Å². The van der Waals surface area contributed by atoms with Crippen LogP contribution in [0.1, 0.15) is 18.9 Å². The van der Waals surface area contributed by atoms with E-state index in [4.69, 9.17) is 10.00 Å². The number of hydrogen-bond donors (Lipinski definition) is 1. The summed E-state index contributed by atoms with van der Waals surface area (Å²) in [7, 11) is 0. The molecule has 6 heteroatoms. The van der Waals surface area contributed by atoms with Crippen LogP contribution < -0.4 is 5.32 Å². The molecule has 0 aliphatic heterocycles. The number of ether oxygens (including phenoxy) is 1. The summed E-state index contributed by atoms with van der Waals surface area (Å²) >= 11 is 1.35. The molecule has 1 N–H and O–H groups in total. The van der Waals surface area contributed by atoms with Crippen LogP contribution in [0.3, 0.4) is 0 Å². The van der Waals surface area contributed by atoms with Crippen molar-refractivity contribution in [1.29, 1.82) is 5.26 Å². The average Bonchev–Trinajstić information content (AvgIpc) is 2.44. The molecule has 0 saturated heterocycles. The van der Waals surface area contributed by atoms with Gasteiger partial charge in [0.05, 0.1) is 23.6 Å². The molecule has 0 aliphatic rings. The third kappa shape index (κ3) is 5.76. The van der Waals surface area contributed by atoms with Gasteiger partial charge in [-0.1, -0.05) is 12.1 Å². The zero-order valence-electron chi connectivity index (χ0n) is 11.2. The lowest BCUT2D eigenvalue weighted by Crippen LogP contribution is -2.14. The number of thioether (sulfide) groups is 1. The zero-order valence-corrected chi connectivity index (χ0v) is 12.0. The first-order valence-electron chi connectivity index (χ1n) is 6.19. The van der Waals surface area contributed by atoms with Crippen LogP contribution in [-0.4, -0.2) is 30.0 Å². The SMILES string of the molecule is CCOC(=O)CSCCC(=O)Nc1ccccc1C#N. The van der Waals surface area contributed by atoms with Gasteiger partial charge in [0.15, 0.2) is 0 Å². The molecule has 0 aliphatic carbocycles. The highest BCUT2D eigenvalue weighted by molar-refractivity contribution is 7.99. The van der Waals surface area contributed by atoms with E-state index >= 15 is 0 Å². The van der Waals surface area contributed by atoms with Gasteiger partial charge >= 0.3 is 5.97 Å². The second-order valence-corrected chi connectivity index (χ2v) is 4.92. The largest absolute Gasteiger partial charge is 0.465 e. The number of anilines is 1. The summed E-state index contributed by atoms with van der Waals surface area (Å²) in [6.45, 7) is 2.12. The molecule has 0 fully saturated rings. The first kappa shape index (κ1) is 16.1. The highest BCUT2D eigenvalue weighted by Gasteiger charge is 2.07. The average molecular weight is 292 g/mol. The highest BCUT2D eigenvalue weighted by Crippen LogP contribution is 2.14. The summed E-state index contributed by atoms with van der Waals surface area (Å²) in [5.74, 6) is 0.326. The van der Waals surface area contributed by atoms with Crippen molar-refractivity contribution in [1.82, 2.24) is 0 Å². The molecule has 0 saturated carbocycles. The molecule has 1 rings (SSSR count). The van der Waals surface area contributed by atoms with E-state index in [2.05, 4.69) is 5.32 Å². The molecule has 0 heterocycles. The Hall–Kier alpha value is -2.00. The molecule has 0 aromatic heterocycles. The van der Waals surface area contributed by atoms with Crippen molar-refractivity contribution in [3.05, 3.63) is 29.8 Å². The van der Waals surface area contributed by atoms with Gasteiger partial charge in [-0.2, -0.15) is 5.26 Å². The van der Waals surface area contributed by atoms with Crippen molar-refractivity contribution < 1.29 is 14.3 Å². The first-order chi connectivity index (χ1) is 9.67. The number of nitrogens with one attached hydrogen (secondary N) is 1. The summed E-state index contributed by atoms with van der Waals surface area (Å²) < 4.78 is 4.78. The van der Waals surface area contributed by atoms with Crippen LogP contribution in [0, 0.1) is 11.3 Å². The Labute approximate surface area is 122 Å². The molecule has 0 bridgehead atoms. The maximum atomic E-state index is 11.7. The number of benzene rings is 1. The lowest BCUT2D eigenvalue weighted by atomic mass is 10.2. The Bertz CT molecular complexity index is 511. The zero-order chi connectivity index (χ0) is 14.8. The Kier molecular flexibility index (Phi) is 7.22. The molecule has 20 heavy (non-hydrogen) atoms. The Morgan fingerprint density at radius 2 is 2.15 bits per heavy atom. The summed E-state index contributed by atoms with van der Waals surface area (Å²) in [5.41, 5.74) is 0.940. The third-order valence-electron chi connectivity index (χ3n) is 2.32. The van der Waals surface area contributed by atoms with Gasteiger partial charge in [0.2, 0.25) is 5.91 Å². The van der Waals surface area contributed by atoms with Crippen LogP contribution in [0.15, 0.2) is 24.3 Å². The van der Waals surface area contributed by atoms with E-state index < -0.39 is 0 Å². The number of carbonyl (C=O) groups excluding carboxylic acids is 2. The van der Waals surface area contributed by atoms with Gasteiger partial charge in [-0.25, -0.2) is 0 Å². The standard InChI is InChI=1S/C14H16N2O3S/c1-2-19-14(18)10-20-8-7-13(17)16-12-6-4-3-5-11(12)9-15/h3-6H,2,7-8,10H2,1H3,(H,16,17). The van der Waals surface area contributed by atoms with E-state index in [1.54, 1.807) is 31.2 Å². The number of nitrogens with zero attached hydrogens (tertiary/aromatic N) is 1. The number of nitriles is 1. The molecule has 106 valence electrons. The highest BCUT2D eigenvalue weighted by atomic mass is 32.2. The summed E-state index contributed by atoms with van der Waals surface area (Å²) in [6.07, 6.45) is 0.282. The van der Waals surface area contributed by atoms with E-state index in [-0.39, 0.29) is 24.1 Å². The summed E-state index contributed by atoms with van der Waals surface area (Å²) in [6, 6.07) is 8.84. The predicted octanol–water partition coefficient (Wildman–Crippen LogP) is 2.18. The van der Waals surface area contributed by atoms with E-state index in [0.29, 0.717) is 23.6 Å². The van der Waals surface area contributed by atoms with Crippen molar-refractivity contribution in [3.63, 3.8) is 0 Å². The van der Waals surface area contributed by atoms with Crippen molar-refractivity contribution >= 4 is 29.3 Å². The number of amides is 1. The fourth-order valence-electron chi connectivity index (χ4n) is 1.43. The first-order valence-corrected chi connectivity index (χ1v) is 7.35. The number of carbonyl (C=O) groups is 2. The van der Waals surface area contributed by atoms with Gasteiger partial charge in [-0.15, -0.1) is 11.8 Å². The molecule has 1 aromatic carbocycles. The Morgan fingerprint density at radius 3 is 2.85 bits per heavy atom. The topological polar surface area (TPSA) is 79.2 Å². The molecule has 0 spiro atoms. The molecule has 1 aromatic rings. The number of para-hydroxylation sites is 1. The minimum Gasteiger partial charge on any atom is -0.465 e. The van der Waals surface area contributed by atoms with Gasteiger partial charge in [0, 0.05) is 12.2 Å². The van der Waals surface area contributed by atoms with Crippen LogP contribution in [-0.2, 0) is 14.3 Å². The Balaban J connectivity index is 2.31. The fourth-order valence-corrected chi connectivity index (χ4v) is 2.15. The quantitative estimate of drug-likeness (QED) is 0.615. The maximum absolute atomic E-state index is 11.7. The Morgan fingerprint density at radius 1 is 1.40 bits per heavy atom. The maximum Gasteiger partial charge on any atom is 0.315 e. The van der Waals surface area contributed by atoms with Gasteiger partial charge in [0.1, 0.15) is 6.07 Å². The minimum absolute atomic E-state index is 0.177. The smallest absolute Gasteiger partial charge is 0.315 e. The summed E-state index contributed by atoms with van der Waals surface area (Å²) in [4.78, 5) is 22.8. The molecule has 0 unspecified atom stereocenters. The van der Waals surface area contributed by atoms with Crippen molar-refractivity contribution in [2.45, 2.75) is 13.3 Å². The predicted molar refractivity (Wildman–Crippen MR) is 78.4 cm³/mol. The number of hydrogen-bond acceptors (Lipinski definition) is 5. The lowest BCUT2D eigenvalue weighted by Gasteiger charge is -2.06. The monoisotopic (exact) mass is 292 g/mol. The van der Waals surface area contributed by atoms with Crippen LogP contribution in [0.25, 0.3) is 0 Å². The van der Waals surface area contributed by atoms with Crippen LogP contribution in [0.4, 0.5) is 5.69 Å². The van der Waals surface area contributed by atoms with Crippen LogP contribution in [0.5, 0.6) is 0 Å². The lowest BCUT2D eigenvalue weighted by molar-refractivity contribution is -0.139. The fraction of sp³-hybridized carbons (Fsp3) is 0.357. The second kappa shape index (κ2) is 8.99. The second-order valence-electron chi connectivity index (χ2n) is 3.81. The summed E-state index contributed by atoms with van der Waals surface area (Å²) in [5, 5.41) is 11.6. The molecular weight excluding hydrogens is 276 g/mol. The molecule has 0 radical (unpaired) electrons. The normalized spacial score (nSPS) is 9.60. The van der Waals surface area contributed by atoms with Gasteiger partial charge in [0.25, 0.3) is 0 Å². The van der Waals surface area contributed by atoms with Crippen molar-refractivity contribution in [3.8, 4) is 6.07 Å². The molecule has 1 amide bonds. The van der Waals surface area contributed by atoms with Crippen LogP contribution >= 0.6 is 11.8 Å². The molecular formula is C14H16N2O3S. The van der Waals surface area contributed by atoms with E-state index in [9.17, 15) is 9.59 Å². The minimum atomic E-state index is -0.271. The van der Waals surface area contributed by atoms with Crippen LogP contribution in [0.2, 0.25) is 0 Å². The van der Waals surface area contributed by atoms with E-state index in [1.807, 2.05) is 6.07 Å². The van der Waals surface area contributed by atoms with Crippen molar-refractivity contribution in [2.75, 3.05) is 23.4 Å². The number of rotatable bonds is 7. The van der Waals surface area contributed by atoms with Crippen molar-refractivity contribution in [2.24, 2.45) is 0 Å². The third-order valence-corrected chi connectivity index (χ3v) is 3.25. The number of esters is 1. The molecule has 0 atom stereocenters. The van der Waals surface area contributed by atoms with E-state index in [1.165, 1.54) is 11.8 Å². The van der Waals surface area contributed by atoms with Gasteiger partial charge in [-0.3, -0.25) is 9.59 Å². The van der Waals surface area contributed by atoms with Gasteiger partial charge < -0.3 is 10.1 Å².